The molecule has 112 valence electrons. The molecule has 3 N–H and O–H groups in total. The van der Waals surface area contributed by atoms with Gasteiger partial charge < -0.3 is 11.1 Å². The van der Waals surface area contributed by atoms with Crippen molar-refractivity contribution >= 4 is 18.3 Å². The molecule has 3 nitrogen and oxygen atoms in total. The Labute approximate surface area is 125 Å². The van der Waals surface area contributed by atoms with E-state index >= 15 is 0 Å². The van der Waals surface area contributed by atoms with Crippen LogP contribution < -0.4 is 11.1 Å². The van der Waals surface area contributed by atoms with Gasteiger partial charge in [0, 0.05) is 12.0 Å². The van der Waals surface area contributed by atoms with Crippen LogP contribution in [0.15, 0.2) is 24.3 Å². The highest BCUT2D eigenvalue weighted by molar-refractivity contribution is 5.85. The fourth-order valence-electron chi connectivity index (χ4n) is 2.95. The van der Waals surface area contributed by atoms with Gasteiger partial charge in [0.2, 0.25) is 5.91 Å². The first-order chi connectivity index (χ1) is 9.16. The van der Waals surface area contributed by atoms with Crippen molar-refractivity contribution in [2.75, 3.05) is 13.1 Å². The van der Waals surface area contributed by atoms with Crippen molar-refractivity contribution in [3.8, 4) is 0 Å². The molecule has 0 heterocycles. The summed E-state index contributed by atoms with van der Waals surface area (Å²) < 4.78 is 13.4. The molecule has 1 aliphatic rings. The van der Waals surface area contributed by atoms with Crippen LogP contribution in [-0.2, 0) is 10.2 Å². The predicted octanol–water partition coefficient (Wildman–Crippen LogP) is 2.52. The summed E-state index contributed by atoms with van der Waals surface area (Å²) in [5.74, 6) is -0.367. The van der Waals surface area contributed by atoms with E-state index in [9.17, 15) is 9.18 Å². The van der Waals surface area contributed by atoms with Crippen molar-refractivity contribution in [1.29, 1.82) is 0 Å². The van der Waals surface area contributed by atoms with E-state index in [4.69, 9.17) is 5.73 Å². The van der Waals surface area contributed by atoms with Crippen LogP contribution in [0.5, 0.6) is 0 Å². The highest BCUT2D eigenvalue weighted by Gasteiger charge is 2.34. The number of benzene rings is 1. The number of rotatable bonds is 4. The fourth-order valence-corrected chi connectivity index (χ4v) is 2.95. The minimum absolute atomic E-state index is 0. The predicted molar refractivity (Wildman–Crippen MR) is 80.5 cm³/mol. The van der Waals surface area contributed by atoms with E-state index in [1.165, 1.54) is 12.5 Å². The molecule has 0 unspecified atom stereocenters. The summed E-state index contributed by atoms with van der Waals surface area (Å²) in [6.45, 7) is 0.547. The van der Waals surface area contributed by atoms with Crippen LogP contribution in [0.4, 0.5) is 4.39 Å². The number of carbonyl (C=O) groups excluding carboxylic acids is 1. The third kappa shape index (κ3) is 3.93. The summed E-state index contributed by atoms with van der Waals surface area (Å²) in [6, 6.07) is 6.76. The second-order valence-electron chi connectivity index (χ2n) is 5.33. The van der Waals surface area contributed by atoms with Gasteiger partial charge in [-0.15, -0.1) is 12.4 Å². The third-order valence-electron chi connectivity index (χ3n) is 4.06. The molecule has 0 atom stereocenters. The minimum Gasteiger partial charge on any atom is -0.354 e. The molecule has 1 amide bonds. The molecule has 2 rings (SSSR count). The van der Waals surface area contributed by atoms with Crippen LogP contribution in [0, 0.1) is 5.82 Å². The lowest BCUT2D eigenvalue weighted by Gasteiger charge is -2.38. The van der Waals surface area contributed by atoms with Crippen LogP contribution in [0.2, 0.25) is 0 Å². The van der Waals surface area contributed by atoms with Gasteiger partial charge in [-0.2, -0.15) is 0 Å². The van der Waals surface area contributed by atoms with E-state index in [0.717, 1.165) is 31.2 Å². The highest BCUT2D eigenvalue weighted by atomic mass is 35.5. The number of hydrogen-bond donors (Lipinski definition) is 2. The van der Waals surface area contributed by atoms with Crippen LogP contribution in [0.1, 0.15) is 37.7 Å². The molecule has 5 heteroatoms. The molecule has 0 saturated heterocycles. The van der Waals surface area contributed by atoms with E-state index in [1.807, 2.05) is 6.07 Å². The van der Waals surface area contributed by atoms with Crippen molar-refractivity contribution in [2.24, 2.45) is 5.73 Å². The van der Waals surface area contributed by atoms with Crippen molar-refractivity contribution < 1.29 is 9.18 Å². The lowest BCUT2D eigenvalue weighted by atomic mass is 9.69. The van der Waals surface area contributed by atoms with Crippen molar-refractivity contribution in [2.45, 2.75) is 37.5 Å². The van der Waals surface area contributed by atoms with Crippen LogP contribution >= 0.6 is 12.4 Å². The largest absolute Gasteiger partial charge is 0.354 e. The molecule has 0 bridgehead atoms. The van der Waals surface area contributed by atoms with Gasteiger partial charge >= 0.3 is 0 Å². The molecule has 0 spiro atoms. The molecule has 1 aromatic carbocycles. The summed E-state index contributed by atoms with van der Waals surface area (Å²) in [5, 5.41) is 2.87. The number of amides is 1. The molecule has 1 fully saturated rings. The number of halogens is 2. The maximum absolute atomic E-state index is 13.4. The number of carbonyl (C=O) groups is 1. The molecule has 0 radical (unpaired) electrons. The molecular weight excluding hydrogens is 279 g/mol. The molecule has 1 saturated carbocycles. The number of nitrogens with two attached hydrogens (primary N) is 1. The lowest BCUT2D eigenvalue weighted by Crippen LogP contribution is -2.44. The number of hydrogen-bond acceptors (Lipinski definition) is 2. The second-order valence-corrected chi connectivity index (χ2v) is 5.33. The van der Waals surface area contributed by atoms with E-state index in [2.05, 4.69) is 5.32 Å². The molecule has 1 aliphatic carbocycles. The van der Waals surface area contributed by atoms with Gasteiger partial charge in [-0.05, 0) is 30.5 Å². The zero-order valence-corrected chi connectivity index (χ0v) is 12.3. The molecule has 1 aromatic rings. The maximum Gasteiger partial charge on any atom is 0.233 e. The Balaban J connectivity index is 0.00000200. The fraction of sp³-hybridized carbons (Fsp3) is 0.533. The normalized spacial score (nSPS) is 17.1. The van der Waals surface area contributed by atoms with Gasteiger partial charge in [0.15, 0.2) is 0 Å². The smallest absolute Gasteiger partial charge is 0.233 e. The van der Waals surface area contributed by atoms with Crippen LogP contribution in [-0.4, -0.2) is 19.0 Å². The summed E-state index contributed by atoms with van der Waals surface area (Å²) in [5.41, 5.74) is 6.18. The number of nitrogens with one attached hydrogen (secondary N) is 1. The van der Waals surface area contributed by atoms with E-state index in [0.29, 0.717) is 6.54 Å². The summed E-state index contributed by atoms with van der Waals surface area (Å²) in [7, 11) is 0. The summed E-state index contributed by atoms with van der Waals surface area (Å²) in [6.07, 6.45) is 5.43. The van der Waals surface area contributed by atoms with Crippen molar-refractivity contribution in [3.05, 3.63) is 35.6 Å². The lowest BCUT2D eigenvalue weighted by molar-refractivity contribution is -0.120. The van der Waals surface area contributed by atoms with Gasteiger partial charge in [0.1, 0.15) is 5.82 Å². The topological polar surface area (TPSA) is 55.1 Å². The monoisotopic (exact) mass is 300 g/mol. The Morgan fingerprint density at radius 3 is 2.60 bits per heavy atom. The average Bonchev–Trinajstić information content (AvgIpc) is 2.46. The zero-order valence-electron chi connectivity index (χ0n) is 11.5. The first-order valence-corrected chi connectivity index (χ1v) is 6.89. The second kappa shape index (κ2) is 7.60. The Hall–Kier alpha value is -1.13. The highest BCUT2D eigenvalue weighted by Crippen LogP contribution is 2.39. The molecule has 20 heavy (non-hydrogen) atoms. The standard InChI is InChI=1S/C15H21FN2O.ClH/c16-13-6-4-5-12(9-13)15(7-2-1-3-8-15)11-18-14(19)10-17;/h4-6,9H,1-3,7-8,10-11,17H2,(H,18,19);1H. The van der Waals surface area contributed by atoms with Crippen molar-refractivity contribution in [1.82, 2.24) is 5.32 Å². The van der Waals surface area contributed by atoms with Gasteiger partial charge in [-0.3, -0.25) is 4.79 Å². The average molecular weight is 301 g/mol. The van der Waals surface area contributed by atoms with E-state index in [-0.39, 0.29) is 36.1 Å². The zero-order chi connectivity index (χ0) is 13.7. The quantitative estimate of drug-likeness (QED) is 0.898. The first kappa shape index (κ1) is 16.9. The van der Waals surface area contributed by atoms with Crippen LogP contribution in [0.25, 0.3) is 0 Å². The van der Waals surface area contributed by atoms with E-state index in [1.54, 1.807) is 12.1 Å². The Morgan fingerprint density at radius 1 is 1.30 bits per heavy atom. The molecule has 0 aromatic heterocycles. The summed E-state index contributed by atoms with van der Waals surface area (Å²) in [4.78, 5) is 11.4. The van der Waals surface area contributed by atoms with Gasteiger partial charge in [0.05, 0.1) is 6.54 Å². The first-order valence-electron chi connectivity index (χ1n) is 6.89. The molecular formula is C15H22ClFN2O. The third-order valence-corrected chi connectivity index (χ3v) is 4.06. The Kier molecular flexibility index (Phi) is 6.43. The van der Waals surface area contributed by atoms with E-state index < -0.39 is 0 Å². The Morgan fingerprint density at radius 2 is 2.00 bits per heavy atom. The summed E-state index contributed by atoms with van der Waals surface area (Å²) >= 11 is 0. The van der Waals surface area contributed by atoms with Gasteiger partial charge in [-0.25, -0.2) is 4.39 Å². The SMILES string of the molecule is Cl.NCC(=O)NCC1(c2cccc(F)c2)CCCCC1. The van der Waals surface area contributed by atoms with Gasteiger partial charge in [0.25, 0.3) is 0 Å². The molecule has 0 aliphatic heterocycles. The Bertz CT molecular complexity index is 447. The van der Waals surface area contributed by atoms with Crippen LogP contribution in [0.3, 0.4) is 0 Å². The van der Waals surface area contributed by atoms with Gasteiger partial charge in [-0.1, -0.05) is 31.4 Å². The van der Waals surface area contributed by atoms with Crippen molar-refractivity contribution in [3.63, 3.8) is 0 Å². The minimum atomic E-state index is -0.215. The maximum atomic E-state index is 13.4.